The van der Waals surface area contributed by atoms with E-state index in [1.807, 2.05) is 67.3 Å². The first-order chi connectivity index (χ1) is 14.5. The molecule has 0 radical (unpaired) electrons. The van der Waals surface area contributed by atoms with E-state index in [2.05, 4.69) is 23.3 Å². The predicted octanol–water partition coefficient (Wildman–Crippen LogP) is 5.54. The fraction of sp³-hybridized carbons (Fsp3) is 0.160. The lowest BCUT2D eigenvalue weighted by molar-refractivity contribution is 0.178. The van der Waals surface area contributed by atoms with Gasteiger partial charge in [-0.1, -0.05) is 42.5 Å². The number of halogens is 1. The van der Waals surface area contributed by atoms with Crippen molar-refractivity contribution < 1.29 is 9.50 Å². The molecular weight excluding hydrogens is 377 g/mol. The molecule has 5 heteroatoms. The van der Waals surface area contributed by atoms with Crippen molar-refractivity contribution in [3.8, 4) is 11.1 Å². The molecule has 3 aromatic carbocycles. The average molecular weight is 401 g/mol. The van der Waals surface area contributed by atoms with Gasteiger partial charge in [-0.3, -0.25) is 4.68 Å². The Balaban J connectivity index is 1.58. The number of aliphatic hydroxyl groups excluding tert-OH is 1. The van der Waals surface area contributed by atoms with Crippen LogP contribution in [-0.2, 0) is 7.05 Å². The Morgan fingerprint density at radius 3 is 2.50 bits per heavy atom. The lowest BCUT2D eigenvalue weighted by Crippen LogP contribution is -2.23. The summed E-state index contributed by atoms with van der Waals surface area (Å²) >= 11 is 0. The number of benzene rings is 3. The molecule has 0 aliphatic rings. The zero-order valence-electron chi connectivity index (χ0n) is 17.2. The molecule has 0 saturated carbocycles. The third-order valence-corrected chi connectivity index (χ3v) is 5.33. The smallest absolute Gasteiger partial charge is 0.153 e. The molecule has 152 valence electrons. The van der Waals surface area contributed by atoms with Crippen LogP contribution in [-0.4, -0.2) is 21.9 Å². The van der Waals surface area contributed by atoms with E-state index in [1.165, 1.54) is 12.1 Å². The van der Waals surface area contributed by atoms with Crippen LogP contribution in [0.25, 0.3) is 28.1 Å². The van der Waals surface area contributed by atoms with Crippen molar-refractivity contribution in [1.29, 1.82) is 0 Å². The Bertz CT molecular complexity index is 1210. The van der Waals surface area contributed by atoms with Gasteiger partial charge in [0.25, 0.3) is 0 Å². The van der Waals surface area contributed by atoms with Crippen molar-refractivity contribution in [1.82, 2.24) is 9.78 Å². The highest BCUT2D eigenvalue weighted by atomic mass is 19.1. The summed E-state index contributed by atoms with van der Waals surface area (Å²) in [4.78, 5) is 1.66. The number of hydrogen-bond acceptors (Lipinski definition) is 3. The largest absolute Gasteiger partial charge is 0.369 e. The minimum absolute atomic E-state index is 0.333. The maximum atomic E-state index is 14.0. The highest BCUT2D eigenvalue weighted by molar-refractivity contribution is 5.84. The summed E-state index contributed by atoms with van der Waals surface area (Å²) in [6, 6.07) is 18.7. The Morgan fingerprint density at radius 2 is 1.77 bits per heavy atom. The first-order valence-electron chi connectivity index (χ1n) is 9.82. The monoisotopic (exact) mass is 401 g/mol. The highest BCUT2D eigenvalue weighted by Gasteiger charge is 2.16. The first-order valence-corrected chi connectivity index (χ1v) is 9.82. The summed E-state index contributed by atoms with van der Waals surface area (Å²) in [5, 5.41) is 16.2. The summed E-state index contributed by atoms with van der Waals surface area (Å²) < 4.78 is 15.8. The topological polar surface area (TPSA) is 41.3 Å². The minimum atomic E-state index is -0.889. The van der Waals surface area contributed by atoms with Crippen molar-refractivity contribution >= 4 is 22.7 Å². The predicted molar refractivity (Wildman–Crippen MR) is 121 cm³/mol. The maximum Gasteiger partial charge on any atom is 0.153 e. The summed E-state index contributed by atoms with van der Waals surface area (Å²) in [6.45, 7) is 1.89. The molecule has 1 unspecified atom stereocenters. The van der Waals surface area contributed by atoms with Gasteiger partial charge in [0.15, 0.2) is 6.23 Å². The van der Waals surface area contributed by atoms with E-state index in [-0.39, 0.29) is 5.82 Å². The lowest BCUT2D eigenvalue weighted by atomic mass is 10.0. The first kappa shape index (κ1) is 19.9. The van der Waals surface area contributed by atoms with E-state index in [9.17, 15) is 9.50 Å². The Kier molecular flexibility index (Phi) is 5.38. The summed E-state index contributed by atoms with van der Waals surface area (Å²) in [5.74, 6) is -0.333. The summed E-state index contributed by atoms with van der Waals surface area (Å²) in [5.41, 5.74) is 5.33. The van der Waals surface area contributed by atoms with Gasteiger partial charge < -0.3 is 10.0 Å². The fourth-order valence-corrected chi connectivity index (χ4v) is 3.64. The minimum Gasteiger partial charge on any atom is -0.369 e. The maximum absolute atomic E-state index is 14.0. The van der Waals surface area contributed by atoms with Crippen molar-refractivity contribution in [2.75, 3.05) is 11.9 Å². The second-order valence-electron chi connectivity index (χ2n) is 7.39. The molecule has 4 nitrogen and oxygen atoms in total. The molecule has 0 bridgehead atoms. The van der Waals surface area contributed by atoms with Gasteiger partial charge in [-0.25, -0.2) is 4.39 Å². The number of aromatic nitrogens is 2. The number of aliphatic hydroxyl groups is 1. The number of rotatable bonds is 5. The van der Waals surface area contributed by atoms with Gasteiger partial charge in [-0.05, 0) is 53.9 Å². The number of fused-ring (bicyclic) bond motifs is 1. The third kappa shape index (κ3) is 3.84. The van der Waals surface area contributed by atoms with Crippen LogP contribution in [0.1, 0.15) is 24.3 Å². The molecule has 1 aromatic heterocycles. The number of nitrogens with zero attached hydrogens (tertiary/aromatic N) is 3. The standard InChI is InChI=1S/C25H24FN3O/c1-4-5-17-12-22(26)15-23(13-17)28(2)25(30)19-8-6-18(7-9-19)20-10-11-24-21(14-20)16-27-29(24)3/h4-16,25,30H,1-3H3/b5-4+. The molecule has 0 spiro atoms. The second-order valence-corrected chi connectivity index (χ2v) is 7.39. The number of allylic oxidation sites excluding steroid dienone is 1. The van der Waals surface area contributed by atoms with Crippen molar-refractivity contribution in [3.63, 3.8) is 0 Å². The van der Waals surface area contributed by atoms with Gasteiger partial charge in [0, 0.05) is 30.7 Å². The zero-order valence-corrected chi connectivity index (χ0v) is 17.2. The molecule has 4 aromatic rings. The molecule has 30 heavy (non-hydrogen) atoms. The molecule has 0 saturated heterocycles. The van der Waals surface area contributed by atoms with E-state index in [0.717, 1.165) is 33.2 Å². The van der Waals surface area contributed by atoms with Gasteiger partial charge in [-0.2, -0.15) is 5.10 Å². The van der Waals surface area contributed by atoms with E-state index >= 15 is 0 Å². The fourth-order valence-electron chi connectivity index (χ4n) is 3.64. The lowest BCUT2D eigenvalue weighted by Gasteiger charge is -2.26. The average Bonchev–Trinajstić information content (AvgIpc) is 3.13. The van der Waals surface area contributed by atoms with E-state index in [0.29, 0.717) is 5.69 Å². The highest BCUT2D eigenvalue weighted by Crippen LogP contribution is 2.29. The van der Waals surface area contributed by atoms with Gasteiger partial charge >= 0.3 is 0 Å². The van der Waals surface area contributed by atoms with Crippen molar-refractivity contribution in [2.24, 2.45) is 7.05 Å². The van der Waals surface area contributed by atoms with Crippen LogP contribution in [0.4, 0.5) is 10.1 Å². The molecule has 1 heterocycles. The van der Waals surface area contributed by atoms with Gasteiger partial charge in [-0.15, -0.1) is 0 Å². The zero-order chi connectivity index (χ0) is 21.3. The van der Waals surface area contributed by atoms with Crippen LogP contribution in [0, 0.1) is 5.82 Å². The van der Waals surface area contributed by atoms with E-state index in [1.54, 1.807) is 11.9 Å². The van der Waals surface area contributed by atoms with Gasteiger partial charge in [0.05, 0.1) is 11.7 Å². The van der Waals surface area contributed by atoms with Crippen LogP contribution in [0.2, 0.25) is 0 Å². The van der Waals surface area contributed by atoms with Crippen molar-refractivity contribution in [3.05, 3.63) is 89.9 Å². The van der Waals surface area contributed by atoms with Crippen LogP contribution < -0.4 is 4.90 Å². The molecule has 1 atom stereocenters. The van der Waals surface area contributed by atoms with Crippen LogP contribution in [0.5, 0.6) is 0 Å². The molecule has 1 N–H and O–H groups in total. The quantitative estimate of drug-likeness (QED) is 0.447. The van der Waals surface area contributed by atoms with Crippen molar-refractivity contribution in [2.45, 2.75) is 13.2 Å². The molecule has 4 rings (SSSR count). The van der Waals surface area contributed by atoms with Gasteiger partial charge in [0.1, 0.15) is 5.82 Å². The molecule has 0 fully saturated rings. The number of aryl methyl sites for hydroxylation is 1. The number of hydrogen-bond donors (Lipinski definition) is 1. The van der Waals surface area contributed by atoms with E-state index in [4.69, 9.17) is 0 Å². The molecule has 0 aliphatic heterocycles. The van der Waals surface area contributed by atoms with E-state index < -0.39 is 6.23 Å². The summed E-state index contributed by atoms with van der Waals surface area (Å²) in [7, 11) is 3.68. The molecular formula is C25H24FN3O. The second kappa shape index (κ2) is 8.13. The Morgan fingerprint density at radius 1 is 1.03 bits per heavy atom. The molecule has 0 amide bonds. The molecule has 0 aliphatic carbocycles. The van der Waals surface area contributed by atoms with Crippen LogP contribution in [0.3, 0.4) is 0 Å². The number of anilines is 1. The Labute approximate surface area is 175 Å². The van der Waals surface area contributed by atoms with Gasteiger partial charge in [0.2, 0.25) is 0 Å². The summed E-state index contributed by atoms with van der Waals surface area (Å²) in [6.07, 6.45) is 4.66. The van der Waals surface area contributed by atoms with Crippen LogP contribution in [0.15, 0.2) is 72.9 Å². The van der Waals surface area contributed by atoms with Crippen LogP contribution >= 0.6 is 0 Å². The normalized spacial score (nSPS) is 12.6. The Hall–Kier alpha value is -3.44. The SMILES string of the molecule is C/C=C/c1cc(F)cc(N(C)C(O)c2ccc(-c3ccc4c(cnn4C)c3)cc2)c1. The third-order valence-electron chi connectivity index (χ3n) is 5.33.